The van der Waals surface area contributed by atoms with Crippen molar-refractivity contribution in [3.8, 4) is 0 Å². The molecule has 0 bridgehead atoms. The molecule has 130 valence electrons. The summed E-state index contributed by atoms with van der Waals surface area (Å²) in [5.41, 5.74) is 3.97. The van der Waals surface area contributed by atoms with Crippen molar-refractivity contribution >= 4 is 23.1 Å². The maximum Gasteiger partial charge on any atom is 0.150 e. The van der Waals surface area contributed by atoms with E-state index in [1.807, 2.05) is 42.8 Å². The van der Waals surface area contributed by atoms with Crippen LogP contribution in [-0.4, -0.2) is 50.4 Å². The summed E-state index contributed by atoms with van der Waals surface area (Å²) in [4.78, 5) is 18.5. The Morgan fingerprint density at radius 3 is 2.64 bits per heavy atom. The van der Waals surface area contributed by atoms with Crippen molar-refractivity contribution in [1.82, 2.24) is 24.3 Å². The zero-order chi connectivity index (χ0) is 17.4. The van der Waals surface area contributed by atoms with Crippen molar-refractivity contribution in [2.24, 2.45) is 0 Å². The van der Waals surface area contributed by atoms with E-state index >= 15 is 0 Å². The summed E-state index contributed by atoms with van der Waals surface area (Å²) < 4.78 is 1.99. The molecular weight excluding hydrogens is 336 g/mol. The average Bonchev–Trinajstić information content (AvgIpc) is 2.99. The molecule has 3 aromatic heterocycles. The first-order valence-corrected chi connectivity index (χ1v) is 8.87. The van der Waals surface area contributed by atoms with Crippen LogP contribution in [0.4, 0.5) is 5.82 Å². The van der Waals surface area contributed by atoms with Crippen molar-refractivity contribution in [3.05, 3.63) is 52.8 Å². The lowest BCUT2D eigenvalue weighted by Crippen LogP contribution is -2.46. The van der Waals surface area contributed by atoms with Gasteiger partial charge in [0.25, 0.3) is 0 Å². The minimum absolute atomic E-state index is 0.722. The average molecular weight is 357 g/mol. The van der Waals surface area contributed by atoms with Crippen molar-refractivity contribution in [2.45, 2.75) is 20.4 Å². The molecule has 1 fully saturated rings. The number of rotatable bonds is 3. The Kier molecular flexibility index (Phi) is 4.31. The highest BCUT2D eigenvalue weighted by molar-refractivity contribution is 6.30. The number of aromatic nitrogens is 4. The zero-order valence-corrected chi connectivity index (χ0v) is 15.2. The van der Waals surface area contributed by atoms with Gasteiger partial charge in [0, 0.05) is 51.3 Å². The Labute approximate surface area is 152 Å². The number of halogens is 1. The smallest absolute Gasteiger partial charge is 0.150 e. The number of aryl methyl sites for hydroxylation is 2. The van der Waals surface area contributed by atoms with Crippen LogP contribution in [0.5, 0.6) is 0 Å². The highest BCUT2D eigenvalue weighted by atomic mass is 35.5. The SMILES string of the molecule is Cc1cnc(C)c(N2CCN(Cc3cn4cc(Cl)ccc4n3)CC2)n1. The van der Waals surface area contributed by atoms with Gasteiger partial charge in [-0.2, -0.15) is 0 Å². The minimum atomic E-state index is 0.722. The third-order valence-corrected chi connectivity index (χ3v) is 4.80. The third-order valence-electron chi connectivity index (χ3n) is 4.57. The molecule has 0 atom stereocenters. The molecule has 6 nitrogen and oxygen atoms in total. The number of hydrogen-bond donors (Lipinski definition) is 0. The molecule has 3 aromatic rings. The van der Waals surface area contributed by atoms with Crippen LogP contribution in [0.25, 0.3) is 5.65 Å². The molecule has 0 spiro atoms. The summed E-state index contributed by atoms with van der Waals surface area (Å²) in [5.74, 6) is 1.02. The van der Waals surface area contributed by atoms with Crippen molar-refractivity contribution < 1.29 is 0 Å². The van der Waals surface area contributed by atoms with Gasteiger partial charge in [0.05, 0.1) is 22.1 Å². The van der Waals surface area contributed by atoms with Gasteiger partial charge < -0.3 is 9.30 Å². The summed E-state index contributed by atoms with van der Waals surface area (Å²) in [6, 6.07) is 3.82. The number of anilines is 1. The molecule has 4 heterocycles. The van der Waals surface area contributed by atoms with Crippen LogP contribution in [0.1, 0.15) is 17.1 Å². The fourth-order valence-electron chi connectivity index (χ4n) is 3.26. The number of hydrogen-bond acceptors (Lipinski definition) is 5. The van der Waals surface area contributed by atoms with E-state index in [0.717, 1.165) is 66.3 Å². The van der Waals surface area contributed by atoms with Crippen LogP contribution in [0.15, 0.2) is 30.7 Å². The first kappa shape index (κ1) is 16.3. The third kappa shape index (κ3) is 3.45. The summed E-state index contributed by atoms with van der Waals surface area (Å²) >= 11 is 6.04. The number of pyridine rings is 1. The van der Waals surface area contributed by atoms with E-state index in [1.165, 1.54) is 0 Å². The molecule has 1 aliphatic rings. The molecule has 0 unspecified atom stereocenters. The van der Waals surface area contributed by atoms with E-state index in [1.54, 1.807) is 0 Å². The standard InChI is InChI=1S/C18H21ClN6/c1-13-9-20-14(2)18(21-13)24-7-5-23(6-8-24)11-16-12-25-10-15(19)3-4-17(25)22-16/h3-4,9-10,12H,5-8,11H2,1-2H3. The number of imidazole rings is 1. The Hall–Kier alpha value is -2.18. The van der Waals surface area contributed by atoms with Gasteiger partial charge in [-0.3, -0.25) is 9.88 Å². The van der Waals surface area contributed by atoms with Crippen LogP contribution in [-0.2, 0) is 6.54 Å². The quantitative estimate of drug-likeness (QED) is 0.722. The normalized spacial score (nSPS) is 15.9. The van der Waals surface area contributed by atoms with Crippen LogP contribution in [0.2, 0.25) is 5.02 Å². The van der Waals surface area contributed by atoms with E-state index in [-0.39, 0.29) is 0 Å². The van der Waals surface area contributed by atoms with E-state index in [2.05, 4.69) is 30.9 Å². The van der Waals surface area contributed by atoms with E-state index in [0.29, 0.717) is 0 Å². The fourth-order valence-corrected chi connectivity index (χ4v) is 3.43. The summed E-state index contributed by atoms with van der Waals surface area (Å²) in [5, 5.41) is 0.722. The number of fused-ring (bicyclic) bond motifs is 1. The van der Waals surface area contributed by atoms with Crippen LogP contribution >= 0.6 is 11.6 Å². The van der Waals surface area contributed by atoms with Crippen molar-refractivity contribution in [2.75, 3.05) is 31.1 Å². The molecule has 0 aliphatic carbocycles. The van der Waals surface area contributed by atoms with Gasteiger partial charge in [-0.25, -0.2) is 9.97 Å². The highest BCUT2D eigenvalue weighted by Gasteiger charge is 2.20. The molecule has 1 saturated heterocycles. The lowest BCUT2D eigenvalue weighted by Gasteiger charge is -2.35. The number of piperazine rings is 1. The zero-order valence-electron chi connectivity index (χ0n) is 14.5. The summed E-state index contributed by atoms with van der Waals surface area (Å²) in [6.07, 6.45) is 5.78. The summed E-state index contributed by atoms with van der Waals surface area (Å²) in [6.45, 7) is 8.76. The molecule has 7 heteroatoms. The molecular formula is C18H21ClN6. The van der Waals surface area contributed by atoms with Crippen LogP contribution in [0.3, 0.4) is 0 Å². The molecule has 0 radical (unpaired) electrons. The first-order chi connectivity index (χ1) is 12.1. The van der Waals surface area contributed by atoms with Gasteiger partial charge in [0.1, 0.15) is 11.5 Å². The predicted octanol–water partition coefficient (Wildman–Crippen LogP) is 2.72. The Balaban J connectivity index is 1.42. The van der Waals surface area contributed by atoms with Gasteiger partial charge in [-0.05, 0) is 26.0 Å². The molecule has 4 rings (SSSR count). The van der Waals surface area contributed by atoms with E-state index < -0.39 is 0 Å². The fraction of sp³-hybridized carbons (Fsp3) is 0.389. The molecule has 1 aliphatic heterocycles. The number of nitrogens with zero attached hydrogens (tertiary/aromatic N) is 6. The highest BCUT2D eigenvalue weighted by Crippen LogP contribution is 2.19. The van der Waals surface area contributed by atoms with Crippen LogP contribution in [0, 0.1) is 13.8 Å². The molecule has 0 N–H and O–H groups in total. The maximum absolute atomic E-state index is 6.04. The Morgan fingerprint density at radius 1 is 1.04 bits per heavy atom. The van der Waals surface area contributed by atoms with Crippen molar-refractivity contribution in [1.29, 1.82) is 0 Å². The monoisotopic (exact) mass is 356 g/mol. The van der Waals surface area contributed by atoms with Gasteiger partial charge in [0.2, 0.25) is 0 Å². The van der Waals surface area contributed by atoms with Gasteiger partial charge in [-0.1, -0.05) is 11.6 Å². The molecule has 0 aromatic carbocycles. The second-order valence-electron chi connectivity index (χ2n) is 6.53. The largest absolute Gasteiger partial charge is 0.353 e. The first-order valence-electron chi connectivity index (χ1n) is 8.49. The Morgan fingerprint density at radius 2 is 1.84 bits per heavy atom. The summed E-state index contributed by atoms with van der Waals surface area (Å²) in [7, 11) is 0. The second-order valence-corrected chi connectivity index (χ2v) is 6.97. The second kappa shape index (κ2) is 6.61. The topological polar surface area (TPSA) is 49.6 Å². The maximum atomic E-state index is 6.04. The molecule has 0 amide bonds. The van der Waals surface area contributed by atoms with Gasteiger partial charge in [-0.15, -0.1) is 0 Å². The minimum Gasteiger partial charge on any atom is -0.353 e. The Bertz CT molecular complexity index is 898. The van der Waals surface area contributed by atoms with Gasteiger partial charge in [0.15, 0.2) is 0 Å². The van der Waals surface area contributed by atoms with Crippen molar-refractivity contribution in [3.63, 3.8) is 0 Å². The van der Waals surface area contributed by atoms with Gasteiger partial charge >= 0.3 is 0 Å². The molecule has 0 saturated carbocycles. The van der Waals surface area contributed by atoms with E-state index in [4.69, 9.17) is 11.6 Å². The molecule has 25 heavy (non-hydrogen) atoms. The van der Waals surface area contributed by atoms with Crippen LogP contribution < -0.4 is 4.90 Å². The lowest BCUT2D eigenvalue weighted by atomic mass is 10.2. The predicted molar refractivity (Wildman–Crippen MR) is 99.2 cm³/mol. The lowest BCUT2D eigenvalue weighted by molar-refractivity contribution is 0.247. The van der Waals surface area contributed by atoms with E-state index in [9.17, 15) is 0 Å².